The van der Waals surface area contributed by atoms with Gasteiger partial charge in [0.25, 0.3) is 0 Å². The molecule has 0 unspecified atom stereocenters. The standard InChI is InChI=1S/C19H26N4O/c1-14(2)17(13-23-10-3-4-11-23)22-18(24)8-7-15-12-21-19-16(15)6-5-9-20-19/h5-9,12,14,17H,3-4,10-11,13H2,1-2H3,(H,20,21)(H,22,24)/b8-7+/t17-/m1/s1. The van der Waals surface area contributed by atoms with E-state index in [4.69, 9.17) is 0 Å². The molecule has 0 aliphatic carbocycles. The van der Waals surface area contributed by atoms with Gasteiger partial charge >= 0.3 is 0 Å². The van der Waals surface area contributed by atoms with Gasteiger partial charge in [0.15, 0.2) is 0 Å². The number of amides is 1. The Morgan fingerprint density at radius 2 is 2.21 bits per heavy atom. The highest BCUT2D eigenvalue weighted by Gasteiger charge is 2.20. The lowest BCUT2D eigenvalue weighted by Crippen LogP contribution is -2.45. The molecule has 1 fully saturated rings. The van der Waals surface area contributed by atoms with Crippen molar-refractivity contribution in [2.24, 2.45) is 5.92 Å². The van der Waals surface area contributed by atoms with E-state index in [1.807, 2.05) is 24.4 Å². The first-order chi connectivity index (χ1) is 11.6. The summed E-state index contributed by atoms with van der Waals surface area (Å²) in [5, 5.41) is 4.19. The lowest BCUT2D eigenvalue weighted by atomic mass is 10.0. The maximum absolute atomic E-state index is 12.3. The van der Waals surface area contributed by atoms with Crippen molar-refractivity contribution in [2.75, 3.05) is 19.6 Å². The Balaban J connectivity index is 1.62. The number of aromatic nitrogens is 2. The third kappa shape index (κ3) is 4.03. The van der Waals surface area contributed by atoms with E-state index in [0.29, 0.717) is 5.92 Å². The Bertz CT molecular complexity index is 713. The molecule has 1 aliphatic heterocycles. The van der Waals surface area contributed by atoms with Crippen molar-refractivity contribution in [1.82, 2.24) is 20.2 Å². The molecule has 2 aromatic rings. The molecule has 0 radical (unpaired) electrons. The van der Waals surface area contributed by atoms with Crippen LogP contribution in [0.15, 0.2) is 30.6 Å². The molecule has 1 saturated heterocycles. The van der Waals surface area contributed by atoms with Crippen LogP contribution in [0.3, 0.4) is 0 Å². The molecule has 0 bridgehead atoms. The maximum atomic E-state index is 12.3. The Kier molecular flexibility index (Phi) is 5.30. The van der Waals surface area contributed by atoms with Crippen molar-refractivity contribution in [3.05, 3.63) is 36.2 Å². The van der Waals surface area contributed by atoms with Crippen molar-refractivity contribution in [3.63, 3.8) is 0 Å². The lowest BCUT2D eigenvalue weighted by molar-refractivity contribution is -0.117. The number of carbonyl (C=O) groups is 1. The van der Waals surface area contributed by atoms with Gasteiger partial charge in [-0.2, -0.15) is 0 Å². The summed E-state index contributed by atoms with van der Waals surface area (Å²) in [5.41, 5.74) is 1.82. The molecular weight excluding hydrogens is 300 g/mol. The van der Waals surface area contributed by atoms with Gasteiger partial charge < -0.3 is 15.2 Å². The minimum atomic E-state index is -0.0360. The van der Waals surface area contributed by atoms with Crippen LogP contribution in [0.4, 0.5) is 0 Å². The highest BCUT2D eigenvalue weighted by atomic mass is 16.1. The summed E-state index contributed by atoms with van der Waals surface area (Å²) < 4.78 is 0. The van der Waals surface area contributed by atoms with E-state index >= 15 is 0 Å². The minimum absolute atomic E-state index is 0.0360. The first-order valence-electron chi connectivity index (χ1n) is 8.76. The second kappa shape index (κ2) is 7.62. The summed E-state index contributed by atoms with van der Waals surface area (Å²) in [6.07, 6.45) is 9.65. The van der Waals surface area contributed by atoms with E-state index < -0.39 is 0 Å². The second-order valence-corrected chi connectivity index (χ2v) is 6.84. The molecule has 1 atom stereocenters. The topological polar surface area (TPSA) is 61.0 Å². The highest BCUT2D eigenvalue weighted by Crippen LogP contribution is 2.17. The molecule has 0 saturated carbocycles. The number of rotatable bonds is 6. The van der Waals surface area contributed by atoms with Crippen molar-refractivity contribution in [3.8, 4) is 0 Å². The molecule has 1 amide bonds. The number of H-pyrrole nitrogens is 1. The molecule has 2 N–H and O–H groups in total. The van der Waals surface area contributed by atoms with Crippen molar-refractivity contribution in [2.45, 2.75) is 32.7 Å². The predicted molar refractivity (Wildman–Crippen MR) is 97.6 cm³/mol. The fourth-order valence-electron chi connectivity index (χ4n) is 3.18. The number of pyridine rings is 1. The molecule has 24 heavy (non-hydrogen) atoms. The molecule has 5 heteroatoms. The average Bonchev–Trinajstić information content (AvgIpc) is 3.21. The van der Waals surface area contributed by atoms with Crippen molar-refractivity contribution < 1.29 is 4.79 Å². The van der Waals surface area contributed by atoms with E-state index in [-0.39, 0.29) is 11.9 Å². The van der Waals surface area contributed by atoms with Crippen LogP contribution < -0.4 is 5.32 Å². The van der Waals surface area contributed by atoms with Gasteiger partial charge in [-0.3, -0.25) is 4.79 Å². The van der Waals surface area contributed by atoms with E-state index in [1.165, 1.54) is 12.8 Å². The minimum Gasteiger partial charge on any atom is -0.348 e. The SMILES string of the molecule is CC(C)[C@@H](CN1CCCC1)NC(=O)/C=C/c1c[nH]c2ncccc12. The zero-order valence-electron chi connectivity index (χ0n) is 14.5. The van der Waals surface area contributed by atoms with Crippen molar-refractivity contribution >= 4 is 23.0 Å². The molecule has 128 valence electrons. The predicted octanol–water partition coefficient (Wildman–Crippen LogP) is 2.81. The number of likely N-dealkylation sites (tertiary alicyclic amines) is 1. The maximum Gasteiger partial charge on any atom is 0.244 e. The molecule has 2 aromatic heterocycles. The van der Waals surface area contributed by atoms with Gasteiger partial charge in [0.1, 0.15) is 5.65 Å². The normalized spacial score (nSPS) is 17.1. The van der Waals surface area contributed by atoms with Crippen LogP contribution in [-0.2, 0) is 4.79 Å². The highest BCUT2D eigenvalue weighted by molar-refractivity contribution is 5.95. The Morgan fingerprint density at radius 3 is 2.96 bits per heavy atom. The van der Waals surface area contributed by atoms with Gasteiger partial charge in [-0.05, 0) is 50.1 Å². The Labute approximate surface area is 143 Å². The van der Waals surface area contributed by atoms with Gasteiger partial charge in [-0.1, -0.05) is 13.8 Å². The number of nitrogens with zero attached hydrogens (tertiary/aromatic N) is 2. The van der Waals surface area contributed by atoms with E-state index in [9.17, 15) is 4.79 Å². The molecule has 3 rings (SSSR count). The largest absolute Gasteiger partial charge is 0.348 e. The van der Waals surface area contributed by atoms with Gasteiger partial charge in [-0.15, -0.1) is 0 Å². The van der Waals surface area contributed by atoms with E-state index in [2.05, 4.69) is 34.0 Å². The van der Waals surface area contributed by atoms with E-state index in [1.54, 1.807) is 12.3 Å². The third-order valence-electron chi connectivity index (χ3n) is 4.68. The van der Waals surface area contributed by atoms with Crippen molar-refractivity contribution in [1.29, 1.82) is 0 Å². The number of fused-ring (bicyclic) bond motifs is 1. The van der Waals surface area contributed by atoms with Crippen LogP contribution in [0.25, 0.3) is 17.1 Å². The van der Waals surface area contributed by atoms with Crippen LogP contribution in [-0.4, -0.2) is 46.5 Å². The zero-order valence-corrected chi connectivity index (χ0v) is 14.5. The first-order valence-corrected chi connectivity index (χ1v) is 8.76. The number of hydrogen-bond donors (Lipinski definition) is 2. The van der Waals surface area contributed by atoms with Gasteiger partial charge in [0.2, 0.25) is 5.91 Å². The monoisotopic (exact) mass is 326 g/mol. The fraction of sp³-hybridized carbons (Fsp3) is 0.474. The van der Waals surface area contributed by atoms with Crippen LogP contribution in [0.1, 0.15) is 32.3 Å². The summed E-state index contributed by atoms with van der Waals surface area (Å²) in [6, 6.07) is 4.09. The molecule has 3 heterocycles. The first kappa shape index (κ1) is 16.7. The molecular formula is C19H26N4O. The van der Waals surface area contributed by atoms with Crippen LogP contribution in [0.2, 0.25) is 0 Å². The Hall–Kier alpha value is -2.14. The second-order valence-electron chi connectivity index (χ2n) is 6.84. The Morgan fingerprint density at radius 1 is 1.42 bits per heavy atom. The number of carbonyl (C=O) groups excluding carboxylic acids is 1. The molecule has 0 aromatic carbocycles. The number of hydrogen-bond acceptors (Lipinski definition) is 3. The number of nitrogens with one attached hydrogen (secondary N) is 2. The zero-order chi connectivity index (χ0) is 16.9. The van der Waals surface area contributed by atoms with Crippen LogP contribution in [0.5, 0.6) is 0 Å². The van der Waals surface area contributed by atoms with Crippen LogP contribution in [0, 0.1) is 5.92 Å². The lowest BCUT2D eigenvalue weighted by Gasteiger charge is -2.27. The quantitative estimate of drug-likeness (QED) is 0.803. The summed E-state index contributed by atoms with van der Waals surface area (Å²) in [4.78, 5) is 22.1. The summed E-state index contributed by atoms with van der Waals surface area (Å²) in [5.74, 6) is 0.381. The van der Waals surface area contributed by atoms with Gasteiger partial charge in [-0.25, -0.2) is 4.98 Å². The van der Waals surface area contributed by atoms with E-state index in [0.717, 1.165) is 36.2 Å². The molecule has 1 aliphatic rings. The smallest absolute Gasteiger partial charge is 0.244 e. The summed E-state index contributed by atoms with van der Waals surface area (Å²) >= 11 is 0. The average molecular weight is 326 g/mol. The summed E-state index contributed by atoms with van der Waals surface area (Å²) in [6.45, 7) is 7.56. The summed E-state index contributed by atoms with van der Waals surface area (Å²) in [7, 11) is 0. The third-order valence-corrected chi connectivity index (χ3v) is 4.68. The van der Waals surface area contributed by atoms with Crippen LogP contribution >= 0.6 is 0 Å². The molecule has 0 spiro atoms. The van der Waals surface area contributed by atoms with Gasteiger partial charge in [0, 0.05) is 42.0 Å². The fourth-order valence-corrected chi connectivity index (χ4v) is 3.18. The van der Waals surface area contributed by atoms with Gasteiger partial charge in [0.05, 0.1) is 0 Å². The number of aromatic amines is 1. The molecule has 5 nitrogen and oxygen atoms in total.